The van der Waals surface area contributed by atoms with Gasteiger partial charge in [0.2, 0.25) is 5.91 Å². The minimum absolute atomic E-state index is 0. The molecule has 0 aromatic heterocycles. The number of nitrogens with zero attached hydrogens (tertiary/aromatic N) is 1. The van der Waals surface area contributed by atoms with Gasteiger partial charge in [0.15, 0.2) is 0 Å². The molecular formula is C9H23N2NaO3. The molecule has 0 bridgehead atoms. The summed E-state index contributed by atoms with van der Waals surface area (Å²) in [6, 6.07) is 0. The van der Waals surface area contributed by atoms with E-state index in [0.717, 1.165) is 7.11 Å². The molecule has 1 N–H and O–H groups in total. The predicted octanol–water partition coefficient (Wildman–Crippen LogP) is -4.07. The Hall–Kier alpha value is 0.350. The van der Waals surface area contributed by atoms with Gasteiger partial charge in [0.05, 0.1) is 13.0 Å². The van der Waals surface area contributed by atoms with Crippen molar-refractivity contribution in [2.45, 2.75) is 6.42 Å². The van der Waals surface area contributed by atoms with Gasteiger partial charge < -0.3 is 20.1 Å². The van der Waals surface area contributed by atoms with E-state index in [0.29, 0.717) is 13.0 Å². The largest absolute Gasteiger partial charge is 1.00 e. The number of ether oxygens (including phenoxy) is 1. The Labute approximate surface area is 115 Å². The summed E-state index contributed by atoms with van der Waals surface area (Å²) in [5, 5.41) is 11.0. The summed E-state index contributed by atoms with van der Waals surface area (Å²) in [5.74, 6) is 0.108. The topological polar surface area (TPSA) is 64.6 Å². The van der Waals surface area contributed by atoms with Gasteiger partial charge in [0.1, 0.15) is 0 Å². The molecule has 0 fully saturated rings. The average Bonchev–Trinajstić information content (AvgIpc) is 2.18. The minimum atomic E-state index is 0. The van der Waals surface area contributed by atoms with Crippen LogP contribution in [0.4, 0.5) is 0 Å². The van der Waals surface area contributed by atoms with Crippen LogP contribution in [0.3, 0.4) is 0 Å². The number of methoxy groups -OCH3 is 1. The van der Waals surface area contributed by atoms with Crippen LogP contribution >= 0.6 is 0 Å². The molecule has 0 saturated carbocycles. The molecule has 0 spiro atoms. The van der Waals surface area contributed by atoms with Crippen molar-refractivity contribution in [3.8, 4) is 0 Å². The van der Waals surface area contributed by atoms with Gasteiger partial charge in [-0.3, -0.25) is 4.79 Å². The monoisotopic (exact) mass is 230 g/mol. The predicted molar refractivity (Wildman–Crippen MR) is 56.1 cm³/mol. The van der Waals surface area contributed by atoms with E-state index in [1.54, 1.807) is 26.1 Å². The fraction of sp³-hybridized carbons (Fsp3) is 0.889. The van der Waals surface area contributed by atoms with E-state index >= 15 is 0 Å². The van der Waals surface area contributed by atoms with Crippen LogP contribution in [0.15, 0.2) is 0 Å². The minimum Gasteiger partial charge on any atom is -0.857 e. The molecule has 0 aliphatic rings. The van der Waals surface area contributed by atoms with Crippen molar-refractivity contribution in [3.63, 3.8) is 0 Å². The zero-order valence-electron chi connectivity index (χ0n) is 11.1. The fourth-order valence-electron chi connectivity index (χ4n) is 0.413. The number of rotatable bonds is 3. The second-order valence-electron chi connectivity index (χ2n) is 2.53. The molecule has 0 unspecified atom stereocenters. The van der Waals surface area contributed by atoms with Crippen molar-refractivity contribution in [2.75, 3.05) is 49.0 Å². The van der Waals surface area contributed by atoms with E-state index in [9.17, 15) is 4.79 Å². The average molecular weight is 230 g/mol. The van der Waals surface area contributed by atoms with Gasteiger partial charge >= 0.3 is 29.6 Å². The number of nitrogens with one attached hydrogen (secondary N) is 1. The van der Waals surface area contributed by atoms with Crippen LogP contribution in [0.25, 0.3) is 0 Å². The molecule has 0 aromatic carbocycles. The third kappa shape index (κ3) is 31.4. The summed E-state index contributed by atoms with van der Waals surface area (Å²) in [6.07, 6.45) is 0.476. The van der Waals surface area contributed by atoms with Gasteiger partial charge in [0, 0.05) is 21.2 Å². The molecule has 0 heterocycles. The Morgan fingerprint density at radius 1 is 1.33 bits per heavy atom. The first kappa shape index (κ1) is 24.5. The zero-order chi connectivity index (χ0) is 12.0. The SMILES string of the molecule is CNC.COCCC(=O)N(C)C.C[O-].[Na+]. The first-order valence-electron chi connectivity index (χ1n) is 4.28. The number of amides is 1. The maximum atomic E-state index is 10.7. The summed E-state index contributed by atoms with van der Waals surface area (Å²) >= 11 is 0. The second kappa shape index (κ2) is 23.9. The molecule has 0 atom stereocenters. The van der Waals surface area contributed by atoms with Crippen LogP contribution in [0.1, 0.15) is 6.42 Å². The van der Waals surface area contributed by atoms with Gasteiger partial charge in [0.25, 0.3) is 0 Å². The maximum Gasteiger partial charge on any atom is 1.00 e. The van der Waals surface area contributed by atoms with Crippen molar-refractivity contribution in [1.82, 2.24) is 10.2 Å². The second-order valence-corrected chi connectivity index (χ2v) is 2.53. The standard InChI is InChI=1S/C6H13NO2.C2H7N.CH3O.Na/c1-7(2)6(8)4-5-9-3;1-3-2;1-2;/h4-5H2,1-3H3;3H,1-2H3;1H3;/q;;-1;+1. The summed E-state index contributed by atoms with van der Waals surface area (Å²) in [6.45, 7) is 0.511. The van der Waals surface area contributed by atoms with E-state index in [2.05, 4.69) is 5.32 Å². The summed E-state index contributed by atoms with van der Waals surface area (Å²) < 4.78 is 4.72. The van der Waals surface area contributed by atoms with Gasteiger partial charge in [-0.25, -0.2) is 0 Å². The number of carbonyl (C=O) groups excluding carboxylic acids is 1. The smallest absolute Gasteiger partial charge is 0.857 e. The van der Waals surface area contributed by atoms with E-state index < -0.39 is 0 Å². The van der Waals surface area contributed by atoms with Crippen LogP contribution in [-0.2, 0) is 9.53 Å². The van der Waals surface area contributed by atoms with E-state index in [4.69, 9.17) is 9.84 Å². The molecule has 15 heavy (non-hydrogen) atoms. The summed E-state index contributed by atoms with van der Waals surface area (Å²) in [4.78, 5) is 12.3. The summed E-state index contributed by atoms with van der Waals surface area (Å²) in [5.41, 5.74) is 0. The van der Waals surface area contributed by atoms with Crippen molar-refractivity contribution in [3.05, 3.63) is 0 Å². The first-order valence-corrected chi connectivity index (χ1v) is 4.28. The molecule has 0 radical (unpaired) electrons. The zero-order valence-corrected chi connectivity index (χ0v) is 13.1. The normalized spacial score (nSPS) is 7.13. The third-order valence-electron chi connectivity index (χ3n) is 1.02. The van der Waals surface area contributed by atoms with Crippen LogP contribution in [0.5, 0.6) is 0 Å². The van der Waals surface area contributed by atoms with E-state index in [-0.39, 0.29) is 35.5 Å². The molecule has 0 saturated heterocycles. The third-order valence-corrected chi connectivity index (χ3v) is 1.02. The van der Waals surface area contributed by atoms with Gasteiger partial charge in [-0.05, 0) is 14.1 Å². The Balaban J connectivity index is -0.0000000867. The van der Waals surface area contributed by atoms with Crippen LogP contribution in [-0.4, -0.2) is 59.8 Å². The molecule has 0 aromatic rings. The Kier molecular flexibility index (Phi) is 39.1. The van der Waals surface area contributed by atoms with Crippen molar-refractivity contribution < 1.29 is 44.2 Å². The van der Waals surface area contributed by atoms with Crippen molar-refractivity contribution >= 4 is 5.91 Å². The van der Waals surface area contributed by atoms with Crippen molar-refractivity contribution in [2.24, 2.45) is 0 Å². The number of hydrogen-bond acceptors (Lipinski definition) is 4. The molecule has 6 heteroatoms. The van der Waals surface area contributed by atoms with Crippen LogP contribution in [0, 0.1) is 0 Å². The fourth-order valence-corrected chi connectivity index (χ4v) is 0.413. The summed E-state index contributed by atoms with van der Waals surface area (Å²) in [7, 11) is 9.55. The molecule has 5 nitrogen and oxygen atoms in total. The maximum absolute atomic E-state index is 10.7. The molecule has 1 amide bonds. The van der Waals surface area contributed by atoms with Gasteiger partial charge in [-0.15, -0.1) is 0 Å². The number of carbonyl (C=O) groups is 1. The Bertz CT molecular complexity index is 114. The van der Waals surface area contributed by atoms with Crippen LogP contribution in [0.2, 0.25) is 0 Å². The molecule has 0 aliphatic carbocycles. The van der Waals surface area contributed by atoms with Gasteiger partial charge in [-0.2, -0.15) is 7.11 Å². The first-order chi connectivity index (χ1) is 6.59. The van der Waals surface area contributed by atoms with Crippen LogP contribution < -0.4 is 40.0 Å². The molecule has 0 rings (SSSR count). The van der Waals surface area contributed by atoms with E-state index in [1.165, 1.54) is 0 Å². The van der Waals surface area contributed by atoms with E-state index in [1.807, 2.05) is 14.1 Å². The molecular weight excluding hydrogens is 207 g/mol. The Morgan fingerprint density at radius 3 is 1.87 bits per heavy atom. The van der Waals surface area contributed by atoms with Crippen molar-refractivity contribution in [1.29, 1.82) is 0 Å². The number of hydrogen-bond donors (Lipinski definition) is 1. The molecule has 0 aliphatic heterocycles. The molecule has 88 valence electrons. The van der Waals surface area contributed by atoms with Gasteiger partial charge in [-0.1, -0.05) is 0 Å². The Morgan fingerprint density at radius 2 is 1.67 bits per heavy atom. The quantitative estimate of drug-likeness (QED) is 0.501.